The van der Waals surface area contributed by atoms with Crippen LogP contribution >= 0.6 is 34.2 Å². The van der Waals surface area contributed by atoms with E-state index in [9.17, 15) is 28.0 Å². The molecule has 2 unspecified atom stereocenters. The molecule has 70 heavy (non-hydrogen) atoms. The highest BCUT2D eigenvalue weighted by molar-refractivity contribution is 14.1. The molecule has 3 aromatic carbocycles. The van der Waals surface area contributed by atoms with Gasteiger partial charge in [-0.05, 0) is 126 Å². The molecule has 0 saturated heterocycles. The van der Waals surface area contributed by atoms with Gasteiger partial charge in [0.2, 0.25) is 10.9 Å². The van der Waals surface area contributed by atoms with Crippen LogP contribution < -0.4 is 10.9 Å². The number of hydrogen-bond donors (Lipinski definition) is 0. The first-order valence-electron chi connectivity index (χ1n) is 23.8. The van der Waals surface area contributed by atoms with Crippen molar-refractivity contribution in [2.75, 3.05) is 26.4 Å². The second-order valence-corrected chi connectivity index (χ2v) is 32.6. The molecule has 5 rings (SSSR count). The second kappa shape index (κ2) is 23.4. The Bertz CT molecular complexity index is 2840. The topological polar surface area (TPSA) is 115 Å². The highest BCUT2D eigenvalue weighted by atomic mass is 127. The van der Waals surface area contributed by atoms with Crippen molar-refractivity contribution in [1.29, 1.82) is 0 Å². The van der Waals surface area contributed by atoms with Crippen molar-refractivity contribution >= 4 is 84.6 Å². The van der Waals surface area contributed by atoms with Crippen LogP contribution in [-0.2, 0) is 24.7 Å². The van der Waals surface area contributed by atoms with Crippen molar-refractivity contribution in [2.45, 2.75) is 138 Å². The minimum Gasteiger partial charge on any atom is -0.462 e. The fraction of sp³-hybridized carbons (Fsp3) is 0.509. The minimum absolute atomic E-state index is 0.0210. The third-order valence-electron chi connectivity index (χ3n) is 13.8. The summed E-state index contributed by atoms with van der Waals surface area (Å²) in [5, 5.41) is 0.402. The number of hydrogen-bond acceptors (Lipinski definition) is 8. The minimum atomic E-state index is -2.13. The van der Waals surface area contributed by atoms with E-state index < -0.39 is 56.9 Å². The summed E-state index contributed by atoms with van der Waals surface area (Å²) >= 11 is 7.77. The van der Waals surface area contributed by atoms with Gasteiger partial charge in [0.1, 0.15) is 28.6 Å². The summed E-state index contributed by atoms with van der Waals surface area (Å²) in [6.45, 7) is 34.1. The van der Waals surface area contributed by atoms with Crippen molar-refractivity contribution in [3.8, 4) is 0 Å². The summed E-state index contributed by atoms with van der Waals surface area (Å²) in [4.78, 5) is 51.9. The smallest absolute Gasteiger partial charge is 0.343 e. The molecule has 0 aliphatic heterocycles. The maximum Gasteiger partial charge on any atom is 0.343 e. The normalized spacial score (nSPS) is 13.4. The number of benzene rings is 3. The Morgan fingerprint density at radius 3 is 1.49 bits per heavy atom. The molecule has 0 aliphatic carbocycles. The zero-order valence-electron chi connectivity index (χ0n) is 43.6. The van der Waals surface area contributed by atoms with E-state index in [1.54, 1.807) is 24.5 Å². The van der Waals surface area contributed by atoms with E-state index in [0.717, 1.165) is 0 Å². The summed E-state index contributed by atoms with van der Waals surface area (Å²) in [5.41, 5.74) is -0.108. The van der Waals surface area contributed by atoms with Crippen molar-refractivity contribution in [3.63, 3.8) is 0 Å². The molecular weight excluding hydrogens is 1070 g/mol. The zero-order chi connectivity index (χ0) is 53.0. The van der Waals surface area contributed by atoms with Gasteiger partial charge in [0.25, 0.3) is 0 Å². The quantitative estimate of drug-likeness (QED) is 0.0545. The number of pyridine rings is 2. The van der Waals surface area contributed by atoms with Gasteiger partial charge in [0.05, 0.1) is 54.6 Å². The molecule has 0 saturated carbocycles. The van der Waals surface area contributed by atoms with Gasteiger partial charge in [0, 0.05) is 33.2 Å². The van der Waals surface area contributed by atoms with Crippen LogP contribution in [0.5, 0.6) is 0 Å². The fourth-order valence-corrected chi connectivity index (χ4v) is 9.95. The molecule has 0 amide bonds. The molecule has 17 heteroatoms. The lowest BCUT2D eigenvalue weighted by Crippen LogP contribution is -2.42. The van der Waals surface area contributed by atoms with Crippen LogP contribution in [0.1, 0.15) is 127 Å². The number of fused-ring (bicyclic) bond motifs is 2. The average molecular weight is 1140 g/mol. The van der Waals surface area contributed by atoms with Gasteiger partial charge in [-0.1, -0.05) is 93.0 Å². The van der Waals surface area contributed by atoms with Gasteiger partial charge in [-0.25, -0.2) is 22.8 Å². The van der Waals surface area contributed by atoms with Gasteiger partial charge in [-0.3, -0.25) is 9.59 Å². The molecule has 0 N–H and O–H groups in total. The third kappa shape index (κ3) is 13.4. The third-order valence-corrected chi connectivity index (χ3v) is 23.9. The van der Waals surface area contributed by atoms with Crippen molar-refractivity contribution in [3.05, 3.63) is 124 Å². The first kappa shape index (κ1) is 58.8. The maximum atomic E-state index is 15.5. The zero-order valence-corrected chi connectivity index (χ0v) is 48.5. The highest BCUT2D eigenvalue weighted by Crippen LogP contribution is 2.39. The lowest BCUT2D eigenvalue weighted by molar-refractivity contribution is 0.0514. The van der Waals surface area contributed by atoms with Gasteiger partial charge < -0.3 is 27.5 Å². The predicted molar refractivity (Wildman–Crippen MR) is 289 cm³/mol. The molecule has 10 nitrogen and oxygen atoms in total. The summed E-state index contributed by atoms with van der Waals surface area (Å²) in [7, 11) is -4.17. The van der Waals surface area contributed by atoms with E-state index in [1.807, 2.05) is 41.0 Å². The van der Waals surface area contributed by atoms with Crippen molar-refractivity contribution in [1.82, 2.24) is 9.13 Å². The number of carbonyl (C=O) groups is 2. The number of carbonyl (C=O) groups excluding carboxylic acids is 2. The Hall–Kier alpha value is -3.82. The number of aromatic nitrogens is 2. The van der Waals surface area contributed by atoms with Gasteiger partial charge in [0.15, 0.2) is 16.6 Å². The van der Waals surface area contributed by atoms with Crippen LogP contribution in [0.15, 0.2) is 64.4 Å². The summed E-state index contributed by atoms with van der Waals surface area (Å²) in [6.07, 6.45) is 2.85. The van der Waals surface area contributed by atoms with Crippen molar-refractivity contribution in [2.24, 2.45) is 11.8 Å². The number of esters is 2. The molecular formula is C53H71ClF3IN2O8Si2. The molecule has 5 aromatic rings. The average Bonchev–Trinajstić information content (AvgIpc) is 3.24. The van der Waals surface area contributed by atoms with Crippen LogP contribution in [0.4, 0.5) is 13.2 Å². The van der Waals surface area contributed by atoms with E-state index in [4.69, 9.17) is 29.9 Å². The molecule has 0 aliphatic rings. The van der Waals surface area contributed by atoms with Crippen LogP contribution in [0.25, 0.3) is 21.8 Å². The Kier molecular flexibility index (Phi) is 19.6. The van der Waals surface area contributed by atoms with Crippen LogP contribution in [0, 0.1) is 32.9 Å². The predicted octanol–water partition coefficient (Wildman–Crippen LogP) is 14.1. The standard InChI is InChI=1S/C30H38ClF2NO4Si.C23H33FINO4Si/c1-9-37-29(36)22-16-34(26(18(2)3)17-38-39(7,8)30(4,5)6)25-15-24(32)20(14-21(25)28(22)35)13-19-11-10-12-23(31)27(19)33;1-9-29-22(28)16-12-26(19-11-17(24)18(25)10-15(19)21(16)27)20(14(2)3)13-30-31(7,8)23(4,5)6/h10-12,14-16,18,26H,9,13,17H2,1-8H3;10-12,14,20H,9,13H2,1-8H3. The molecule has 2 heterocycles. The van der Waals surface area contributed by atoms with Crippen LogP contribution in [-0.4, -0.2) is 64.1 Å². The number of halogens is 5. The van der Waals surface area contributed by atoms with E-state index in [0.29, 0.717) is 33.2 Å². The maximum absolute atomic E-state index is 15.5. The lowest BCUT2D eigenvalue weighted by atomic mass is 9.99. The van der Waals surface area contributed by atoms with Crippen LogP contribution in [0.3, 0.4) is 0 Å². The molecule has 0 fully saturated rings. The first-order valence-corrected chi connectivity index (χ1v) is 31.0. The summed E-state index contributed by atoms with van der Waals surface area (Å²) < 4.78 is 71.8. The van der Waals surface area contributed by atoms with Crippen molar-refractivity contribution < 1.29 is 41.1 Å². The largest absolute Gasteiger partial charge is 0.462 e. The Balaban J connectivity index is 0.000000313. The highest BCUT2D eigenvalue weighted by Gasteiger charge is 2.39. The molecule has 2 aromatic heterocycles. The van der Waals surface area contributed by atoms with Gasteiger partial charge >= 0.3 is 11.9 Å². The summed E-state index contributed by atoms with van der Waals surface area (Å²) in [6, 6.07) is 9.58. The van der Waals surface area contributed by atoms with Gasteiger partial charge in [-0.15, -0.1) is 0 Å². The molecule has 384 valence electrons. The first-order chi connectivity index (χ1) is 32.3. The van der Waals surface area contributed by atoms with E-state index in [-0.39, 0.29) is 86.3 Å². The molecule has 0 spiro atoms. The number of nitrogens with zero attached hydrogens (tertiary/aromatic N) is 2. The monoisotopic (exact) mass is 1140 g/mol. The molecule has 0 bridgehead atoms. The molecule has 2 atom stereocenters. The van der Waals surface area contributed by atoms with E-state index >= 15 is 4.39 Å². The van der Waals surface area contributed by atoms with Gasteiger partial charge in [-0.2, -0.15) is 0 Å². The number of rotatable bonds is 16. The molecule has 0 radical (unpaired) electrons. The fourth-order valence-electron chi connectivity index (χ4n) is 7.25. The van der Waals surface area contributed by atoms with E-state index in [1.165, 1.54) is 48.8 Å². The second-order valence-electron chi connectivity index (χ2n) is 21.4. The Morgan fingerprint density at radius 1 is 0.671 bits per heavy atom. The van der Waals surface area contributed by atoms with Crippen LogP contribution in [0.2, 0.25) is 41.3 Å². The van der Waals surface area contributed by atoms with E-state index in [2.05, 4.69) is 81.6 Å². The Labute approximate surface area is 432 Å². The summed E-state index contributed by atoms with van der Waals surface area (Å²) in [5.74, 6) is -2.91. The Morgan fingerprint density at radius 2 is 1.09 bits per heavy atom. The SMILES string of the molecule is CCOC(=O)c1cn(C(CO[Si](C)(C)C(C)(C)C)C(C)C)c2cc(F)c(Cc3cccc(Cl)c3F)cc2c1=O.CCOC(=O)c1cn(C(CO[Si](C)(C)C(C)(C)C)C(C)C)c2cc(F)c(I)cc2c1=O. The lowest BCUT2D eigenvalue weighted by Gasteiger charge is -2.38. The number of ether oxygens (including phenoxy) is 2.